The second kappa shape index (κ2) is 12.8. The van der Waals surface area contributed by atoms with E-state index in [2.05, 4.69) is 16.0 Å². The first-order chi connectivity index (χ1) is 19.2. The van der Waals surface area contributed by atoms with E-state index in [-0.39, 0.29) is 41.4 Å². The van der Waals surface area contributed by atoms with Crippen LogP contribution in [0.2, 0.25) is 5.02 Å². The molecule has 1 atom stereocenters. The van der Waals surface area contributed by atoms with Gasteiger partial charge in [-0.2, -0.15) is 0 Å². The van der Waals surface area contributed by atoms with Gasteiger partial charge in [-0.25, -0.2) is 4.79 Å². The third-order valence-electron chi connectivity index (χ3n) is 6.12. The lowest BCUT2D eigenvalue weighted by Crippen LogP contribution is -2.48. The van der Waals surface area contributed by atoms with E-state index < -0.39 is 29.7 Å². The van der Waals surface area contributed by atoms with Crippen molar-refractivity contribution in [2.75, 3.05) is 6.54 Å². The topological polar surface area (TPSA) is 145 Å². The van der Waals surface area contributed by atoms with Gasteiger partial charge in [0.1, 0.15) is 11.8 Å². The first kappa shape index (κ1) is 28.1. The fourth-order valence-electron chi connectivity index (χ4n) is 4.04. The summed E-state index contributed by atoms with van der Waals surface area (Å²) >= 11 is 6.24. The van der Waals surface area contributed by atoms with Crippen LogP contribution in [0.3, 0.4) is 0 Å². The molecule has 9 nitrogen and oxygen atoms in total. The van der Waals surface area contributed by atoms with Crippen LogP contribution in [0.4, 0.5) is 0 Å². The SMILES string of the molecule is O=C(Cc1ccc2ccccc2c1)NC[C@H](NC(=O)c1ccc(C(=O)NCc2cccc(O)c2)cc1Cl)C(=O)O. The molecule has 0 bridgehead atoms. The number of rotatable bonds is 10. The van der Waals surface area contributed by atoms with E-state index in [1.165, 1.54) is 30.3 Å². The van der Waals surface area contributed by atoms with Crippen LogP contribution < -0.4 is 16.0 Å². The number of hydrogen-bond acceptors (Lipinski definition) is 5. The van der Waals surface area contributed by atoms with Gasteiger partial charge >= 0.3 is 5.97 Å². The van der Waals surface area contributed by atoms with Gasteiger partial charge in [-0.1, -0.05) is 66.2 Å². The van der Waals surface area contributed by atoms with Crippen molar-refractivity contribution in [2.45, 2.75) is 19.0 Å². The Morgan fingerprint density at radius 3 is 2.27 bits per heavy atom. The van der Waals surface area contributed by atoms with Gasteiger partial charge in [0.05, 0.1) is 17.0 Å². The molecule has 4 aromatic rings. The van der Waals surface area contributed by atoms with Crippen LogP contribution in [0.5, 0.6) is 5.75 Å². The zero-order valence-corrected chi connectivity index (χ0v) is 21.9. The van der Waals surface area contributed by atoms with Crippen molar-refractivity contribution >= 4 is 46.1 Å². The Morgan fingerprint density at radius 1 is 0.775 bits per heavy atom. The minimum absolute atomic E-state index is 0.0278. The molecule has 0 saturated carbocycles. The molecule has 10 heteroatoms. The van der Waals surface area contributed by atoms with Gasteiger partial charge in [0.15, 0.2) is 0 Å². The molecule has 0 radical (unpaired) electrons. The van der Waals surface area contributed by atoms with Crippen molar-refractivity contribution in [1.82, 2.24) is 16.0 Å². The number of aromatic hydroxyl groups is 1. The molecule has 0 aliphatic heterocycles. The lowest BCUT2D eigenvalue weighted by molar-refractivity contribution is -0.139. The molecule has 5 N–H and O–H groups in total. The highest BCUT2D eigenvalue weighted by Gasteiger charge is 2.23. The van der Waals surface area contributed by atoms with Crippen LogP contribution in [-0.2, 0) is 22.6 Å². The molecule has 0 fully saturated rings. The van der Waals surface area contributed by atoms with Crippen LogP contribution in [0.25, 0.3) is 10.8 Å². The minimum Gasteiger partial charge on any atom is -0.508 e. The third-order valence-corrected chi connectivity index (χ3v) is 6.44. The largest absolute Gasteiger partial charge is 0.508 e. The van der Waals surface area contributed by atoms with Crippen molar-refractivity contribution in [2.24, 2.45) is 0 Å². The number of phenols is 1. The summed E-state index contributed by atoms with van der Waals surface area (Å²) in [6, 6.07) is 22.4. The average Bonchev–Trinajstić information content (AvgIpc) is 2.93. The highest BCUT2D eigenvalue weighted by molar-refractivity contribution is 6.34. The monoisotopic (exact) mass is 559 g/mol. The van der Waals surface area contributed by atoms with E-state index in [1.807, 2.05) is 42.5 Å². The maximum Gasteiger partial charge on any atom is 0.328 e. The summed E-state index contributed by atoms with van der Waals surface area (Å²) < 4.78 is 0. The number of carboxylic acids is 1. The molecule has 0 aromatic heterocycles. The molecule has 0 heterocycles. The molecule has 0 spiro atoms. The van der Waals surface area contributed by atoms with E-state index >= 15 is 0 Å². The summed E-state index contributed by atoms with van der Waals surface area (Å²) in [5, 5.41) is 28.7. The molecular weight excluding hydrogens is 534 g/mol. The van der Waals surface area contributed by atoms with Crippen molar-refractivity contribution in [3.63, 3.8) is 0 Å². The Bertz CT molecular complexity index is 1590. The number of carboxylic acid groups (broad SMARTS) is 1. The minimum atomic E-state index is -1.41. The molecule has 0 aliphatic carbocycles. The number of halogens is 1. The van der Waals surface area contributed by atoms with Crippen molar-refractivity contribution in [1.29, 1.82) is 0 Å². The summed E-state index contributed by atoms with van der Waals surface area (Å²) in [6.45, 7) is -0.166. The molecule has 0 saturated heterocycles. The van der Waals surface area contributed by atoms with Gasteiger partial charge in [0, 0.05) is 18.7 Å². The van der Waals surface area contributed by atoms with E-state index in [0.717, 1.165) is 16.3 Å². The third kappa shape index (κ3) is 7.36. The van der Waals surface area contributed by atoms with Crippen molar-refractivity contribution < 1.29 is 29.4 Å². The van der Waals surface area contributed by atoms with Crippen molar-refractivity contribution in [3.8, 4) is 5.75 Å². The predicted molar refractivity (Wildman–Crippen MR) is 150 cm³/mol. The first-order valence-corrected chi connectivity index (χ1v) is 12.7. The Morgan fingerprint density at radius 2 is 1.55 bits per heavy atom. The number of nitrogens with one attached hydrogen (secondary N) is 3. The summed E-state index contributed by atoms with van der Waals surface area (Å²) in [7, 11) is 0. The second-order valence-corrected chi connectivity index (χ2v) is 9.48. The zero-order valence-electron chi connectivity index (χ0n) is 21.2. The maximum absolute atomic E-state index is 12.8. The number of carbonyl (C=O) groups excluding carboxylic acids is 3. The molecule has 0 unspecified atom stereocenters. The van der Waals surface area contributed by atoms with Gasteiger partial charge in [0.2, 0.25) is 5.91 Å². The van der Waals surface area contributed by atoms with Gasteiger partial charge in [-0.15, -0.1) is 0 Å². The molecular formula is C30H26ClN3O6. The molecule has 4 aromatic carbocycles. The lowest BCUT2D eigenvalue weighted by Gasteiger charge is -2.16. The van der Waals surface area contributed by atoms with Crippen LogP contribution in [-0.4, -0.2) is 46.5 Å². The van der Waals surface area contributed by atoms with Gasteiger partial charge in [0.25, 0.3) is 11.8 Å². The average molecular weight is 560 g/mol. The molecule has 0 aliphatic rings. The van der Waals surface area contributed by atoms with Crippen LogP contribution in [0, 0.1) is 0 Å². The Kier molecular flexibility index (Phi) is 8.98. The summed E-state index contributed by atoms with van der Waals surface area (Å²) in [5.74, 6) is -2.87. The predicted octanol–water partition coefficient (Wildman–Crippen LogP) is 3.67. The molecule has 40 heavy (non-hydrogen) atoms. The fourth-order valence-corrected chi connectivity index (χ4v) is 4.31. The van der Waals surface area contributed by atoms with Crippen LogP contribution in [0.15, 0.2) is 84.9 Å². The summed E-state index contributed by atoms with van der Waals surface area (Å²) in [6.07, 6.45) is 0.0475. The van der Waals surface area contributed by atoms with Gasteiger partial charge in [-0.3, -0.25) is 14.4 Å². The first-order valence-electron chi connectivity index (χ1n) is 12.3. The normalized spacial score (nSPS) is 11.4. The zero-order chi connectivity index (χ0) is 28.6. The van der Waals surface area contributed by atoms with Crippen molar-refractivity contribution in [3.05, 3.63) is 112 Å². The number of amides is 3. The number of phenolic OH excluding ortho intramolecular Hbond substituents is 1. The molecule has 204 valence electrons. The summed E-state index contributed by atoms with van der Waals surface area (Å²) in [4.78, 5) is 49.5. The quantitative estimate of drug-likeness (QED) is 0.200. The van der Waals surface area contributed by atoms with E-state index in [4.69, 9.17) is 11.6 Å². The lowest BCUT2D eigenvalue weighted by atomic mass is 10.0. The molecule has 3 amide bonds. The highest BCUT2D eigenvalue weighted by Crippen LogP contribution is 2.19. The fraction of sp³-hybridized carbons (Fsp3) is 0.133. The highest BCUT2D eigenvalue weighted by atomic mass is 35.5. The van der Waals surface area contributed by atoms with E-state index in [0.29, 0.717) is 5.56 Å². The van der Waals surface area contributed by atoms with E-state index in [9.17, 15) is 29.4 Å². The smallest absolute Gasteiger partial charge is 0.328 e. The number of fused-ring (bicyclic) bond motifs is 1. The number of benzene rings is 4. The Balaban J connectivity index is 1.32. The van der Waals surface area contributed by atoms with E-state index in [1.54, 1.807) is 12.1 Å². The second-order valence-electron chi connectivity index (χ2n) is 9.07. The Hall–Kier alpha value is -4.89. The number of hydrogen-bond donors (Lipinski definition) is 5. The summed E-state index contributed by atoms with van der Waals surface area (Å²) in [5.41, 5.74) is 1.63. The van der Waals surface area contributed by atoms with Gasteiger partial charge in [-0.05, 0) is 52.2 Å². The van der Waals surface area contributed by atoms with Crippen LogP contribution >= 0.6 is 11.6 Å². The Labute approximate surface area is 234 Å². The molecule has 4 rings (SSSR count). The number of carbonyl (C=O) groups is 4. The van der Waals surface area contributed by atoms with Crippen LogP contribution in [0.1, 0.15) is 31.8 Å². The maximum atomic E-state index is 12.8. The van der Waals surface area contributed by atoms with Gasteiger partial charge < -0.3 is 26.2 Å². The number of aliphatic carboxylic acids is 1. The standard InChI is InChI=1S/C30H26ClN3O6/c31-25-15-22(28(37)33-16-19-4-3-7-23(35)13-19)10-11-24(25)29(38)34-26(30(39)40)17-32-27(36)14-18-8-9-20-5-1-2-6-21(20)12-18/h1-13,15,26,35H,14,16-17H2,(H,32,36)(H,33,37)(H,34,38)(H,39,40)/t26-/m0/s1.